The summed E-state index contributed by atoms with van der Waals surface area (Å²) in [5, 5.41) is 8.53. The third-order valence-electron chi connectivity index (χ3n) is 2.58. The number of hydrogen-bond donors (Lipinski definition) is 1. The molecule has 0 aromatic carbocycles. The van der Waals surface area contributed by atoms with E-state index in [-0.39, 0.29) is 13.2 Å². The lowest BCUT2D eigenvalue weighted by atomic mass is 9.94. The zero-order chi connectivity index (χ0) is 9.68. The van der Waals surface area contributed by atoms with Crippen LogP contribution in [-0.2, 0) is 4.79 Å². The maximum Gasteiger partial charge on any atom is 0.317 e. The molecule has 0 aromatic heterocycles. The van der Waals surface area contributed by atoms with Gasteiger partial charge in [-0.3, -0.25) is 14.1 Å². The molecule has 0 radical (unpaired) electrons. The molecule has 0 saturated carbocycles. The van der Waals surface area contributed by atoms with Crippen LogP contribution in [0.3, 0.4) is 0 Å². The number of piperidine rings is 1. The third-order valence-corrected chi connectivity index (χ3v) is 2.58. The number of halogens is 1. The second-order valence-electron chi connectivity index (χ2n) is 3.59. The van der Waals surface area contributed by atoms with E-state index < -0.39 is 5.97 Å². The first kappa shape index (κ1) is 10.4. The number of hydrogen-bond acceptors (Lipinski definition) is 2. The van der Waals surface area contributed by atoms with Crippen molar-refractivity contribution >= 4 is 5.97 Å². The number of carbonyl (C=O) groups is 1. The molecule has 1 N–H and O–H groups in total. The Hall–Kier alpha value is -0.640. The summed E-state index contributed by atoms with van der Waals surface area (Å²) < 4.78 is 12.0. The van der Waals surface area contributed by atoms with Gasteiger partial charge in [-0.2, -0.15) is 0 Å². The van der Waals surface area contributed by atoms with Gasteiger partial charge in [-0.25, -0.2) is 0 Å². The monoisotopic (exact) mass is 189 g/mol. The standard InChI is InChI=1S/C9H16FNO2/c10-4-1-8-2-5-11(6-3-8)7-9(12)13/h8H,1-7H2,(H,12,13). The predicted octanol–water partition coefficient (Wildman–Crippen LogP) is 1.14. The molecular weight excluding hydrogens is 173 g/mol. The average molecular weight is 189 g/mol. The summed E-state index contributed by atoms with van der Waals surface area (Å²) in [5.41, 5.74) is 0. The zero-order valence-corrected chi connectivity index (χ0v) is 7.71. The van der Waals surface area contributed by atoms with E-state index in [9.17, 15) is 9.18 Å². The first-order chi connectivity index (χ1) is 6.22. The maximum absolute atomic E-state index is 12.0. The molecule has 1 saturated heterocycles. The number of carboxylic acid groups (broad SMARTS) is 1. The molecule has 1 fully saturated rings. The van der Waals surface area contributed by atoms with Gasteiger partial charge in [0.05, 0.1) is 13.2 Å². The van der Waals surface area contributed by atoms with E-state index >= 15 is 0 Å². The number of alkyl halides is 1. The fraction of sp³-hybridized carbons (Fsp3) is 0.889. The Morgan fingerprint density at radius 3 is 2.54 bits per heavy atom. The first-order valence-electron chi connectivity index (χ1n) is 4.72. The summed E-state index contributed by atoms with van der Waals surface area (Å²) in [6.07, 6.45) is 2.52. The lowest BCUT2D eigenvalue weighted by Crippen LogP contribution is -2.37. The highest BCUT2D eigenvalue weighted by Gasteiger charge is 2.19. The fourth-order valence-corrected chi connectivity index (χ4v) is 1.78. The molecule has 4 heteroatoms. The Morgan fingerprint density at radius 2 is 2.08 bits per heavy atom. The second-order valence-corrected chi connectivity index (χ2v) is 3.59. The van der Waals surface area contributed by atoms with E-state index in [1.807, 2.05) is 4.90 Å². The lowest BCUT2D eigenvalue weighted by Gasteiger charge is -2.30. The fourth-order valence-electron chi connectivity index (χ4n) is 1.78. The van der Waals surface area contributed by atoms with Crippen LogP contribution in [0.25, 0.3) is 0 Å². The summed E-state index contributed by atoms with van der Waals surface area (Å²) in [6.45, 7) is 1.49. The molecule has 1 heterocycles. The van der Waals surface area contributed by atoms with Gasteiger partial charge in [0.2, 0.25) is 0 Å². The topological polar surface area (TPSA) is 40.5 Å². The van der Waals surface area contributed by atoms with Crippen LogP contribution in [0.1, 0.15) is 19.3 Å². The highest BCUT2D eigenvalue weighted by atomic mass is 19.1. The summed E-state index contributed by atoms with van der Waals surface area (Å²) >= 11 is 0. The Balaban J connectivity index is 2.18. The van der Waals surface area contributed by atoms with Gasteiger partial charge in [-0.15, -0.1) is 0 Å². The summed E-state index contributed by atoms with van der Waals surface area (Å²) in [7, 11) is 0. The Morgan fingerprint density at radius 1 is 1.46 bits per heavy atom. The molecular formula is C9H16FNO2. The first-order valence-corrected chi connectivity index (χ1v) is 4.72. The van der Waals surface area contributed by atoms with Crippen LogP contribution in [-0.4, -0.2) is 42.3 Å². The smallest absolute Gasteiger partial charge is 0.317 e. The summed E-state index contributed by atoms with van der Waals surface area (Å²) in [6, 6.07) is 0. The quantitative estimate of drug-likeness (QED) is 0.721. The number of aliphatic carboxylic acids is 1. The van der Waals surface area contributed by atoms with Crippen LogP contribution in [0.5, 0.6) is 0 Å². The van der Waals surface area contributed by atoms with Gasteiger partial charge < -0.3 is 5.11 Å². The van der Waals surface area contributed by atoms with Crippen LogP contribution >= 0.6 is 0 Å². The summed E-state index contributed by atoms with van der Waals surface area (Å²) in [4.78, 5) is 12.3. The largest absolute Gasteiger partial charge is 0.480 e. The molecule has 0 aromatic rings. The average Bonchev–Trinajstić information content (AvgIpc) is 2.08. The number of carboxylic acids is 1. The van der Waals surface area contributed by atoms with Crippen LogP contribution in [0.2, 0.25) is 0 Å². The van der Waals surface area contributed by atoms with Crippen molar-refractivity contribution in [2.75, 3.05) is 26.3 Å². The SMILES string of the molecule is O=C(O)CN1CCC(CCF)CC1. The van der Waals surface area contributed by atoms with Gasteiger partial charge in [-0.1, -0.05) is 0 Å². The van der Waals surface area contributed by atoms with Gasteiger partial charge in [0, 0.05) is 0 Å². The molecule has 1 aliphatic heterocycles. The molecule has 0 spiro atoms. The molecule has 0 amide bonds. The van der Waals surface area contributed by atoms with Crippen LogP contribution < -0.4 is 0 Å². The summed E-state index contributed by atoms with van der Waals surface area (Å²) in [5.74, 6) is -0.306. The van der Waals surface area contributed by atoms with Crippen molar-refractivity contribution in [3.05, 3.63) is 0 Å². The molecule has 1 aliphatic rings. The van der Waals surface area contributed by atoms with Crippen molar-refractivity contribution in [3.63, 3.8) is 0 Å². The van der Waals surface area contributed by atoms with Crippen LogP contribution in [0.4, 0.5) is 4.39 Å². The Bertz CT molecular complexity index is 167. The van der Waals surface area contributed by atoms with E-state index in [2.05, 4.69) is 0 Å². The van der Waals surface area contributed by atoms with Crippen molar-refractivity contribution in [2.24, 2.45) is 5.92 Å². The van der Waals surface area contributed by atoms with Crippen molar-refractivity contribution in [1.29, 1.82) is 0 Å². The molecule has 76 valence electrons. The minimum Gasteiger partial charge on any atom is -0.480 e. The zero-order valence-electron chi connectivity index (χ0n) is 7.71. The molecule has 0 bridgehead atoms. The van der Waals surface area contributed by atoms with Crippen LogP contribution in [0.15, 0.2) is 0 Å². The highest BCUT2D eigenvalue weighted by Crippen LogP contribution is 2.19. The normalized spacial score (nSPS) is 20.4. The number of rotatable bonds is 4. The van der Waals surface area contributed by atoms with Crippen molar-refractivity contribution < 1.29 is 14.3 Å². The molecule has 13 heavy (non-hydrogen) atoms. The Labute approximate surface area is 77.5 Å². The minimum absolute atomic E-state index is 0.127. The third kappa shape index (κ3) is 3.72. The van der Waals surface area contributed by atoms with Gasteiger partial charge in [0.1, 0.15) is 0 Å². The van der Waals surface area contributed by atoms with Gasteiger partial charge in [-0.05, 0) is 38.3 Å². The molecule has 0 aliphatic carbocycles. The van der Waals surface area contributed by atoms with E-state index in [0.29, 0.717) is 12.3 Å². The molecule has 3 nitrogen and oxygen atoms in total. The highest BCUT2D eigenvalue weighted by molar-refractivity contribution is 5.69. The predicted molar refractivity (Wildman–Crippen MR) is 47.4 cm³/mol. The van der Waals surface area contributed by atoms with E-state index in [1.165, 1.54) is 0 Å². The lowest BCUT2D eigenvalue weighted by molar-refractivity contribution is -0.138. The van der Waals surface area contributed by atoms with E-state index in [0.717, 1.165) is 25.9 Å². The number of likely N-dealkylation sites (tertiary alicyclic amines) is 1. The molecule has 0 atom stereocenters. The Kier molecular flexibility index (Phi) is 4.15. The van der Waals surface area contributed by atoms with E-state index in [4.69, 9.17) is 5.11 Å². The van der Waals surface area contributed by atoms with Crippen molar-refractivity contribution in [1.82, 2.24) is 4.90 Å². The van der Waals surface area contributed by atoms with Crippen LogP contribution in [0, 0.1) is 5.92 Å². The van der Waals surface area contributed by atoms with Crippen molar-refractivity contribution in [2.45, 2.75) is 19.3 Å². The van der Waals surface area contributed by atoms with E-state index in [1.54, 1.807) is 0 Å². The van der Waals surface area contributed by atoms with Crippen molar-refractivity contribution in [3.8, 4) is 0 Å². The molecule has 0 unspecified atom stereocenters. The molecule has 1 rings (SSSR count). The van der Waals surface area contributed by atoms with Gasteiger partial charge in [0.15, 0.2) is 0 Å². The van der Waals surface area contributed by atoms with Gasteiger partial charge in [0.25, 0.3) is 0 Å². The second kappa shape index (κ2) is 5.17. The number of nitrogens with zero attached hydrogens (tertiary/aromatic N) is 1. The maximum atomic E-state index is 12.0. The van der Waals surface area contributed by atoms with Gasteiger partial charge >= 0.3 is 5.97 Å². The minimum atomic E-state index is -0.774.